The molecule has 2 rings (SSSR count). The lowest BCUT2D eigenvalue weighted by Crippen LogP contribution is -2.36. The quantitative estimate of drug-likeness (QED) is 0.512. The van der Waals surface area contributed by atoms with Crippen molar-refractivity contribution < 1.29 is 19.4 Å². The number of thiocarbonyl (C=S) groups is 1. The molecule has 0 radical (unpaired) electrons. The van der Waals surface area contributed by atoms with E-state index < -0.39 is 11.9 Å². The first-order chi connectivity index (χ1) is 10.3. The van der Waals surface area contributed by atoms with Gasteiger partial charge < -0.3 is 14.7 Å². The lowest BCUT2D eigenvalue weighted by atomic mass is 10.1. The summed E-state index contributed by atoms with van der Waals surface area (Å²) < 4.78 is 4.55. The topological polar surface area (TPSA) is 70.1 Å². The number of esters is 1. The Morgan fingerprint density at radius 1 is 1.50 bits per heavy atom. The summed E-state index contributed by atoms with van der Waals surface area (Å²) in [5.74, 6) is -1.00. The summed E-state index contributed by atoms with van der Waals surface area (Å²) in [4.78, 5) is 26.4. The molecule has 1 aliphatic heterocycles. The maximum absolute atomic E-state index is 12.4. The molecule has 1 N–H and O–H groups in total. The van der Waals surface area contributed by atoms with Gasteiger partial charge in [0.15, 0.2) is 5.11 Å². The summed E-state index contributed by atoms with van der Waals surface area (Å²) in [5.41, 5.74) is 0.927. The van der Waals surface area contributed by atoms with Crippen LogP contribution in [0.15, 0.2) is 23.9 Å². The van der Waals surface area contributed by atoms with Gasteiger partial charge in [-0.2, -0.15) is 0 Å². The van der Waals surface area contributed by atoms with E-state index in [4.69, 9.17) is 23.8 Å². The fraction of sp³-hybridized carbons (Fsp3) is 0.214. The van der Waals surface area contributed by atoms with Gasteiger partial charge in [-0.15, -0.1) is 0 Å². The van der Waals surface area contributed by atoms with Crippen LogP contribution in [0.25, 0.3) is 6.08 Å². The van der Waals surface area contributed by atoms with Crippen molar-refractivity contribution in [1.82, 2.24) is 9.80 Å². The lowest BCUT2D eigenvalue weighted by Gasteiger charge is -2.14. The predicted molar refractivity (Wildman–Crippen MR) is 85.2 cm³/mol. The SMILES string of the molecule is COC(=O)CN1C(=O)/C(=C/c2ccc(O)c(Cl)c2)N(C)C1=S. The fourth-order valence-electron chi connectivity index (χ4n) is 1.92. The van der Waals surface area contributed by atoms with E-state index in [9.17, 15) is 14.7 Å². The minimum Gasteiger partial charge on any atom is -0.506 e. The number of methoxy groups -OCH3 is 1. The maximum Gasteiger partial charge on any atom is 0.325 e. The highest BCUT2D eigenvalue weighted by Gasteiger charge is 2.36. The molecule has 8 heteroatoms. The minimum absolute atomic E-state index is 0.0437. The first kappa shape index (κ1) is 16.3. The Kier molecular flexibility index (Phi) is 4.68. The Morgan fingerprint density at radius 2 is 2.18 bits per heavy atom. The van der Waals surface area contributed by atoms with Crippen LogP contribution < -0.4 is 0 Å². The van der Waals surface area contributed by atoms with Crippen LogP contribution in [-0.4, -0.2) is 52.6 Å². The molecule has 1 amide bonds. The molecule has 0 atom stereocenters. The van der Waals surface area contributed by atoms with Gasteiger partial charge in [0.25, 0.3) is 5.91 Å². The van der Waals surface area contributed by atoms with E-state index in [1.165, 1.54) is 24.1 Å². The van der Waals surface area contributed by atoms with Gasteiger partial charge in [-0.3, -0.25) is 14.5 Å². The molecule has 0 spiro atoms. The number of phenols is 1. The summed E-state index contributed by atoms with van der Waals surface area (Å²) in [7, 11) is 2.87. The van der Waals surface area contributed by atoms with Crippen molar-refractivity contribution in [1.29, 1.82) is 0 Å². The van der Waals surface area contributed by atoms with Gasteiger partial charge in [0.1, 0.15) is 18.0 Å². The van der Waals surface area contributed by atoms with Gasteiger partial charge in [0, 0.05) is 7.05 Å². The van der Waals surface area contributed by atoms with Crippen LogP contribution in [0, 0.1) is 0 Å². The van der Waals surface area contributed by atoms with Gasteiger partial charge in [0.2, 0.25) is 0 Å². The third-order valence-electron chi connectivity index (χ3n) is 3.13. The molecular weight excluding hydrogens is 328 g/mol. The van der Waals surface area contributed by atoms with Crippen molar-refractivity contribution in [3.8, 4) is 5.75 Å². The molecule has 22 heavy (non-hydrogen) atoms. The van der Waals surface area contributed by atoms with Crippen molar-refractivity contribution in [2.75, 3.05) is 20.7 Å². The standard InChI is InChI=1S/C14H13ClN2O4S/c1-16-10(6-8-3-4-11(18)9(15)5-8)13(20)17(14(16)22)7-12(19)21-2/h3-6,18H,7H2,1-2H3/b10-6-. The molecule has 0 bridgehead atoms. The highest BCUT2D eigenvalue weighted by Crippen LogP contribution is 2.27. The number of hydrogen-bond donors (Lipinski definition) is 1. The summed E-state index contributed by atoms with van der Waals surface area (Å²) in [6.45, 7) is -0.244. The molecule has 0 aliphatic carbocycles. The molecule has 1 aromatic rings. The number of carbonyl (C=O) groups excluding carboxylic acids is 2. The highest BCUT2D eigenvalue weighted by molar-refractivity contribution is 7.80. The Hall–Kier alpha value is -2.12. The average molecular weight is 341 g/mol. The lowest BCUT2D eigenvalue weighted by molar-refractivity contribution is -0.143. The molecule has 1 heterocycles. The highest BCUT2D eigenvalue weighted by atomic mass is 35.5. The monoisotopic (exact) mass is 340 g/mol. The molecule has 0 saturated carbocycles. The summed E-state index contributed by atoms with van der Waals surface area (Å²) in [5, 5.41) is 9.80. The zero-order valence-corrected chi connectivity index (χ0v) is 13.4. The number of hydrogen-bond acceptors (Lipinski definition) is 5. The molecule has 1 fully saturated rings. The smallest absolute Gasteiger partial charge is 0.325 e. The summed E-state index contributed by atoms with van der Waals surface area (Å²) in [6, 6.07) is 4.57. The number of rotatable bonds is 3. The molecule has 1 aromatic carbocycles. The second kappa shape index (κ2) is 6.33. The largest absolute Gasteiger partial charge is 0.506 e. The van der Waals surface area contributed by atoms with Crippen LogP contribution in [0.5, 0.6) is 5.75 Å². The number of likely N-dealkylation sites (N-methyl/N-ethyl adjacent to an activating group) is 1. The number of amides is 1. The van der Waals surface area contributed by atoms with E-state index in [-0.39, 0.29) is 22.4 Å². The number of halogens is 1. The first-order valence-corrected chi connectivity index (χ1v) is 7.00. The van der Waals surface area contributed by atoms with Gasteiger partial charge in [-0.1, -0.05) is 17.7 Å². The molecule has 6 nitrogen and oxygen atoms in total. The minimum atomic E-state index is -0.557. The number of aromatic hydroxyl groups is 1. The van der Waals surface area contributed by atoms with Gasteiger partial charge >= 0.3 is 5.97 Å². The number of carbonyl (C=O) groups is 2. The second-order valence-electron chi connectivity index (χ2n) is 4.55. The van der Waals surface area contributed by atoms with E-state index in [2.05, 4.69) is 4.74 Å². The number of benzene rings is 1. The normalized spacial score (nSPS) is 16.6. The number of nitrogens with zero attached hydrogens (tertiary/aromatic N) is 2. The number of phenolic OH excluding ortho intramolecular Hbond substituents is 1. The third-order valence-corrected chi connectivity index (χ3v) is 3.93. The third kappa shape index (κ3) is 3.05. The van der Waals surface area contributed by atoms with Crippen molar-refractivity contribution in [2.45, 2.75) is 0 Å². The van der Waals surface area contributed by atoms with E-state index in [0.29, 0.717) is 11.3 Å². The van der Waals surface area contributed by atoms with E-state index in [1.54, 1.807) is 19.2 Å². The molecule has 0 aromatic heterocycles. The van der Waals surface area contributed by atoms with Crippen LogP contribution in [0.1, 0.15) is 5.56 Å². The van der Waals surface area contributed by atoms with E-state index in [1.807, 2.05) is 0 Å². The van der Waals surface area contributed by atoms with Crippen LogP contribution in [0.2, 0.25) is 5.02 Å². The maximum atomic E-state index is 12.4. The van der Waals surface area contributed by atoms with E-state index >= 15 is 0 Å². The van der Waals surface area contributed by atoms with Crippen molar-refractivity contribution in [3.05, 3.63) is 34.5 Å². The zero-order chi connectivity index (χ0) is 16.4. The predicted octanol–water partition coefficient (Wildman–Crippen LogP) is 1.62. The van der Waals surface area contributed by atoms with Crippen LogP contribution >= 0.6 is 23.8 Å². The van der Waals surface area contributed by atoms with E-state index in [0.717, 1.165) is 4.90 Å². The van der Waals surface area contributed by atoms with Gasteiger partial charge in [0.05, 0.1) is 12.1 Å². The fourth-order valence-corrected chi connectivity index (χ4v) is 2.35. The molecule has 1 aliphatic rings. The molecular formula is C14H13ClN2O4S. The Labute approximate surface area is 137 Å². The van der Waals surface area contributed by atoms with Gasteiger partial charge in [-0.05, 0) is 36.0 Å². The van der Waals surface area contributed by atoms with Crippen LogP contribution in [-0.2, 0) is 14.3 Å². The Morgan fingerprint density at radius 3 is 2.77 bits per heavy atom. The zero-order valence-electron chi connectivity index (χ0n) is 11.9. The first-order valence-electron chi connectivity index (χ1n) is 6.21. The Balaban J connectivity index is 2.32. The van der Waals surface area contributed by atoms with Crippen molar-refractivity contribution >= 4 is 46.9 Å². The van der Waals surface area contributed by atoms with Crippen LogP contribution in [0.4, 0.5) is 0 Å². The molecule has 1 saturated heterocycles. The summed E-state index contributed by atoms with van der Waals surface area (Å²) in [6.07, 6.45) is 1.58. The average Bonchev–Trinajstić information content (AvgIpc) is 2.68. The summed E-state index contributed by atoms with van der Waals surface area (Å²) >= 11 is 11.0. The van der Waals surface area contributed by atoms with Gasteiger partial charge in [-0.25, -0.2) is 0 Å². The molecule has 116 valence electrons. The molecule has 0 unspecified atom stereocenters. The van der Waals surface area contributed by atoms with Crippen molar-refractivity contribution in [3.63, 3.8) is 0 Å². The Bertz CT molecular complexity index is 689. The van der Waals surface area contributed by atoms with Crippen LogP contribution in [0.3, 0.4) is 0 Å². The second-order valence-corrected chi connectivity index (χ2v) is 5.32. The van der Waals surface area contributed by atoms with Crippen molar-refractivity contribution in [2.24, 2.45) is 0 Å². The number of ether oxygens (including phenoxy) is 1.